The highest BCUT2D eigenvalue weighted by atomic mass is 16.5. The molecule has 1 unspecified atom stereocenters. The van der Waals surface area contributed by atoms with Crippen LogP contribution in [-0.4, -0.2) is 61.8 Å². The predicted molar refractivity (Wildman–Crippen MR) is 88.8 cm³/mol. The van der Waals surface area contributed by atoms with E-state index in [0.29, 0.717) is 37.2 Å². The second-order valence-electron chi connectivity index (χ2n) is 5.69. The summed E-state index contributed by atoms with van der Waals surface area (Å²) in [7, 11) is 1.61. The number of piperidine rings is 1. The third-order valence-electron chi connectivity index (χ3n) is 4.20. The van der Waals surface area contributed by atoms with E-state index in [1.54, 1.807) is 25.4 Å². The predicted octanol–water partition coefficient (Wildman–Crippen LogP) is 1.71. The number of carbonyl (C=O) groups excluding carboxylic acids is 1. The number of pyridine rings is 1. The molecule has 1 atom stereocenters. The van der Waals surface area contributed by atoms with Gasteiger partial charge >= 0.3 is 0 Å². The number of methoxy groups -OCH3 is 1. The van der Waals surface area contributed by atoms with Gasteiger partial charge in [0.2, 0.25) is 5.88 Å². The maximum absolute atomic E-state index is 12.5. The molecule has 0 aromatic carbocycles. The van der Waals surface area contributed by atoms with Gasteiger partial charge in [-0.1, -0.05) is 13.3 Å². The van der Waals surface area contributed by atoms with Crippen molar-refractivity contribution in [3.8, 4) is 5.88 Å². The van der Waals surface area contributed by atoms with Crippen molar-refractivity contribution < 1.29 is 14.3 Å². The number of carbonyl (C=O) groups is 1. The minimum Gasteiger partial charge on any atom is -0.475 e. The van der Waals surface area contributed by atoms with E-state index in [-0.39, 0.29) is 5.91 Å². The van der Waals surface area contributed by atoms with Gasteiger partial charge in [-0.25, -0.2) is 4.98 Å². The number of likely N-dealkylation sites (tertiary alicyclic amines) is 1. The summed E-state index contributed by atoms with van der Waals surface area (Å²) >= 11 is 0. The molecule has 6 heteroatoms. The highest BCUT2D eigenvalue weighted by molar-refractivity contribution is 5.96. The number of hydrogen-bond acceptors (Lipinski definition) is 5. The van der Waals surface area contributed by atoms with Crippen molar-refractivity contribution in [2.24, 2.45) is 0 Å². The largest absolute Gasteiger partial charge is 0.475 e. The van der Waals surface area contributed by atoms with Crippen molar-refractivity contribution in [1.29, 1.82) is 0 Å². The molecule has 0 bridgehead atoms. The molecule has 6 nitrogen and oxygen atoms in total. The Morgan fingerprint density at radius 2 is 2.30 bits per heavy atom. The van der Waals surface area contributed by atoms with Crippen LogP contribution in [0, 0.1) is 0 Å². The molecule has 2 heterocycles. The van der Waals surface area contributed by atoms with Gasteiger partial charge in [0.15, 0.2) is 0 Å². The number of hydrogen-bond donors (Lipinski definition) is 1. The topological polar surface area (TPSA) is 63.7 Å². The normalized spacial score (nSPS) is 18.6. The summed E-state index contributed by atoms with van der Waals surface area (Å²) in [6, 6.07) is 3.91. The molecule has 0 aliphatic carbocycles. The van der Waals surface area contributed by atoms with Crippen molar-refractivity contribution in [1.82, 2.24) is 15.2 Å². The molecule has 1 aliphatic rings. The third-order valence-corrected chi connectivity index (χ3v) is 4.20. The SMILES string of the molecule is CCN1CCCCC1CNC(=O)c1cccnc1OCCOC. The Morgan fingerprint density at radius 3 is 3.09 bits per heavy atom. The molecule has 1 aromatic rings. The summed E-state index contributed by atoms with van der Waals surface area (Å²) in [6.45, 7) is 5.82. The van der Waals surface area contributed by atoms with Crippen LogP contribution in [0.3, 0.4) is 0 Å². The van der Waals surface area contributed by atoms with E-state index in [1.165, 1.54) is 12.8 Å². The third kappa shape index (κ3) is 5.18. The first-order valence-corrected chi connectivity index (χ1v) is 8.35. The number of amides is 1. The standard InChI is InChI=1S/C17H27N3O3/c1-3-20-10-5-4-7-14(20)13-19-16(21)15-8-6-9-18-17(15)23-12-11-22-2/h6,8-9,14H,3-5,7,10-13H2,1-2H3,(H,19,21). The fourth-order valence-electron chi connectivity index (χ4n) is 2.91. The Labute approximate surface area is 138 Å². The molecular formula is C17H27N3O3. The van der Waals surface area contributed by atoms with Gasteiger partial charge in [-0.2, -0.15) is 0 Å². The van der Waals surface area contributed by atoms with Gasteiger partial charge in [0.05, 0.1) is 6.61 Å². The van der Waals surface area contributed by atoms with Crippen molar-refractivity contribution in [3.05, 3.63) is 23.9 Å². The monoisotopic (exact) mass is 321 g/mol. The maximum Gasteiger partial charge on any atom is 0.256 e. The minimum atomic E-state index is -0.132. The summed E-state index contributed by atoms with van der Waals surface area (Å²) in [4.78, 5) is 19.0. The maximum atomic E-state index is 12.5. The van der Waals surface area contributed by atoms with E-state index in [2.05, 4.69) is 22.1 Å². The first-order valence-electron chi connectivity index (χ1n) is 8.35. The summed E-state index contributed by atoms with van der Waals surface area (Å²) in [6.07, 6.45) is 5.24. The zero-order chi connectivity index (χ0) is 16.5. The first-order chi connectivity index (χ1) is 11.3. The average molecular weight is 321 g/mol. The molecule has 1 saturated heterocycles. The highest BCUT2D eigenvalue weighted by Crippen LogP contribution is 2.17. The van der Waals surface area contributed by atoms with Crippen LogP contribution in [0.25, 0.3) is 0 Å². The Hall–Kier alpha value is -1.66. The Balaban J connectivity index is 1.92. The zero-order valence-corrected chi connectivity index (χ0v) is 14.1. The molecule has 0 saturated carbocycles. The summed E-state index contributed by atoms with van der Waals surface area (Å²) in [5.74, 6) is 0.227. The van der Waals surface area contributed by atoms with E-state index in [9.17, 15) is 4.79 Å². The van der Waals surface area contributed by atoms with E-state index in [0.717, 1.165) is 19.5 Å². The molecule has 1 aromatic heterocycles. The molecule has 1 N–H and O–H groups in total. The molecule has 1 amide bonds. The number of nitrogens with zero attached hydrogens (tertiary/aromatic N) is 2. The van der Waals surface area contributed by atoms with Gasteiger partial charge < -0.3 is 14.8 Å². The number of aromatic nitrogens is 1. The minimum absolute atomic E-state index is 0.132. The second kappa shape index (κ2) is 9.47. The Bertz CT molecular complexity index is 496. The molecule has 0 spiro atoms. The van der Waals surface area contributed by atoms with Crippen molar-refractivity contribution in [3.63, 3.8) is 0 Å². The Morgan fingerprint density at radius 1 is 1.43 bits per heavy atom. The lowest BCUT2D eigenvalue weighted by atomic mass is 10.0. The number of ether oxygens (including phenoxy) is 2. The van der Waals surface area contributed by atoms with Gasteiger partial charge in [0, 0.05) is 25.9 Å². The fraction of sp³-hybridized carbons (Fsp3) is 0.647. The van der Waals surface area contributed by atoms with Gasteiger partial charge in [0.25, 0.3) is 5.91 Å². The lowest BCUT2D eigenvalue weighted by Gasteiger charge is -2.34. The second-order valence-corrected chi connectivity index (χ2v) is 5.69. The molecule has 2 rings (SSSR count). The molecule has 0 radical (unpaired) electrons. The average Bonchev–Trinajstić information content (AvgIpc) is 2.60. The summed E-state index contributed by atoms with van der Waals surface area (Å²) in [5, 5.41) is 3.03. The molecule has 128 valence electrons. The van der Waals surface area contributed by atoms with Gasteiger partial charge in [-0.05, 0) is 38.1 Å². The number of rotatable bonds is 8. The van der Waals surface area contributed by atoms with Crippen LogP contribution >= 0.6 is 0 Å². The molecular weight excluding hydrogens is 294 g/mol. The molecule has 1 fully saturated rings. The van der Waals surface area contributed by atoms with Gasteiger partial charge in [0.1, 0.15) is 12.2 Å². The number of likely N-dealkylation sites (N-methyl/N-ethyl adjacent to an activating group) is 1. The summed E-state index contributed by atoms with van der Waals surface area (Å²) in [5.41, 5.74) is 0.475. The van der Waals surface area contributed by atoms with E-state index in [1.807, 2.05) is 0 Å². The Kier molecular flexibility index (Phi) is 7.29. The fourth-order valence-corrected chi connectivity index (χ4v) is 2.91. The smallest absolute Gasteiger partial charge is 0.256 e. The first kappa shape index (κ1) is 17.7. The van der Waals surface area contributed by atoms with Gasteiger partial charge in [-0.3, -0.25) is 9.69 Å². The number of nitrogens with one attached hydrogen (secondary N) is 1. The van der Waals surface area contributed by atoms with E-state index < -0.39 is 0 Å². The van der Waals surface area contributed by atoms with Crippen LogP contribution in [0.4, 0.5) is 0 Å². The van der Waals surface area contributed by atoms with Crippen LogP contribution in [0.2, 0.25) is 0 Å². The van der Waals surface area contributed by atoms with Crippen LogP contribution in [0.5, 0.6) is 5.88 Å². The van der Waals surface area contributed by atoms with Crippen LogP contribution < -0.4 is 10.1 Å². The van der Waals surface area contributed by atoms with Crippen LogP contribution in [0.1, 0.15) is 36.5 Å². The van der Waals surface area contributed by atoms with E-state index in [4.69, 9.17) is 9.47 Å². The molecule has 23 heavy (non-hydrogen) atoms. The lowest BCUT2D eigenvalue weighted by molar-refractivity contribution is 0.0909. The van der Waals surface area contributed by atoms with Crippen molar-refractivity contribution in [2.45, 2.75) is 32.2 Å². The van der Waals surface area contributed by atoms with Gasteiger partial charge in [-0.15, -0.1) is 0 Å². The quantitative estimate of drug-likeness (QED) is 0.739. The van der Waals surface area contributed by atoms with Crippen LogP contribution in [0.15, 0.2) is 18.3 Å². The van der Waals surface area contributed by atoms with Crippen molar-refractivity contribution in [2.75, 3.05) is 40.0 Å². The molecule has 1 aliphatic heterocycles. The van der Waals surface area contributed by atoms with Crippen molar-refractivity contribution >= 4 is 5.91 Å². The van der Waals surface area contributed by atoms with Crippen LogP contribution in [-0.2, 0) is 4.74 Å². The highest BCUT2D eigenvalue weighted by Gasteiger charge is 2.22. The lowest BCUT2D eigenvalue weighted by Crippen LogP contribution is -2.46. The summed E-state index contributed by atoms with van der Waals surface area (Å²) < 4.78 is 10.5. The zero-order valence-electron chi connectivity index (χ0n) is 14.1. The van der Waals surface area contributed by atoms with E-state index >= 15 is 0 Å².